The van der Waals surface area contributed by atoms with Gasteiger partial charge in [0.25, 0.3) is 0 Å². The lowest BCUT2D eigenvalue weighted by Gasteiger charge is -2.20. The van der Waals surface area contributed by atoms with Crippen molar-refractivity contribution in [1.82, 2.24) is 4.90 Å². The SMILES string of the molecule is CCOC(=O)c1ccc(CN=C(N)N2CCCCCC2)o1. The van der Waals surface area contributed by atoms with Crippen molar-refractivity contribution in [3.63, 3.8) is 0 Å². The van der Waals surface area contributed by atoms with Crippen molar-refractivity contribution < 1.29 is 13.9 Å². The molecule has 2 N–H and O–H groups in total. The molecular weight excluding hydrogens is 270 g/mol. The second-order valence-corrected chi connectivity index (χ2v) is 5.06. The molecule has 0 unspecified atom stereocenters. The topological polar surface area (TPSA) is 81.1 Å². The first kappa shape index (κ1) is 15.4. The van der Waals surface area contributed by atoms with E-state index < -0.39 is 5.97 Å². The summed E-state index contributed by atoms with van der Waals surface area (Å²) in [5.74, 6) is 0.908. The number of carbonyl (C=O) groups excluding carboxylic acids is 1. The first-order valence-corrected chi connectivity index (χ1v) is 7.51. The number of aliphatic imine (C=N–C) groups is 1. The van der Waals surface area contributed by atoms with Crippen molar-refractivity contribution in [1.29, 1.82) is 0 Å². The number of likely N-dealkylation sites (tertiary alicyclic amines) is 1. The summed E-state index contributed by atoms with van der Waals surface area (Å²) < 4.78 is 10.3. The fourth-order valence-electron chi connectivity index (χ4n) is 2.33. The van der Waals surface area contributed by atoms with E-state index >= 15 is 0 Å². The van der Waals surface area contributed by atoms with E-state index in [0.29, 0.717) is 24.9 Å². The zero-order chi connectivity index (χ0) is 15.1. The molecule has 0 saturated carbocycles. The van der Waals surface area contributed by atoms with Gasteiger partial charge in [0.2, 0.25) is 5.76 Å². The third-order valence-electron chi connectivity index (χ3n) is 3.47. The van der Waals surface area contributed by atoms with Crippen LogP contribution >= 0.6 is 0 Å². The highest BCUT2D eigenvalue weighted by Crippen LogP contribution is 2.12. The van der Waals surface area contributed by atoms with E-state index in [0.717, 1.165) is 25.9 Å². The van der Waals surface area contributed by atoms with Gasteiger partial charge in [-0.1, -0.05) is 12.8 Å². The summed E-state index contributed by atoms with van der Waals surface area (Å²) in [7, 11) is 0. The van der Waals surface area contributed by atoms with Crippen molar-refractivity contribution in [2.75, 3.05) is 19.7 Å². The Morgan fingerprint density at radius 1 is 1.33 bits per heavy atom. The fourth-order valence-corrected chi connectivity index (χ4v) is 2.33. The Kier molecular flexibility index (Phi) is 5.66. The van der Waals surface area contributed by atoms with Crippen LogP contribution in [0.2, 0.25) is 0 Å². The molecule has 21 heavy (non-hydrogen) atoms. The minimum atomic E-state index is -0.451. The van der Waals surface area contributed by atoms with E-state index in [4.69, 9.17) is 14.9 Å². The molecule has 6 heteroatoms. The molecule has 0 bridgehead atoms. The molecule has 116 valence electrons. The second-order valence-electron chi connectivity index (χ2n) is 5.06. The third kappa shape index (κ3) is 4.51. The number of nitrogens with zero attached hydrogens (tertiary/aromatic N) is 2. The van der Waals surface area contributed by atoms with E-state index in [1.807, 2.05) is 0 Å². The average molecular weight is 293 g/mol. The van der Waals surface area contributed by atoms with Crippen LogP contribution in [0.15, 0.2) is 21.5 Å². The average Bonchev–Trinajstić information content (AvgIpc) is 2.78. The molecule has 0 amide bonds. The lowest BCUT2D eigenvalue weighted by molar-refractivity contribution is 0.0488. The highest BCUT2D eigenvalue weighted by atomic mass is 16.5. The number of nitrogens with two attached hydrogens (primary N) is 1. The van der Waals surface area contributed by atoms with Crippen LogP contribution in [0.5, 0.6) is 0 Å². The van der Waals surface area contributed by atoms with Crippen LogP contribution in [0.3, 0.4) is 0 Å². The number of hydrogen-bond donors (Lipinski definition) is 1. The maximum absolute atomic E-state index is 11.5. The Bertz CT molecular complexity index is 488. The fraction of sp³-hybridized carbons (Fsp3) is 0.600. The van der Waals surface area contributed by atoms with Gasteiger partial charge in [0.15, 0.2) is 5.96 Å². The molecule has 1 aliphatic rings. The summed E-state index contributed by atoms with van der Waals surface area (Å²) >= 11 is 0. The zero-order valence-electron chi connectivity index (χ0n) is 12.5. The molecule has 0 spiro atoms. The predicted molar refractivity (Wildman–Crippen MR) is 80.0 cm³/mol. The van der Waals surface area contributed by atoms with E-state index in [-0.39, 0.29) is 5.76 Å². The number of furan rings is 1. The maximum Gasteiger partial charge on any atom is 0.374 e. The van der Waals surface area contributed by atoms with Crippen LogP contribution < -0.4 is 5.73 Å². The van der Waals surface area contributed by atoms with Crippen LogP contribution in [0.4, 0.5) is 0 Å². The van der Waals surface area contributed by atoms with Gasteiger partial charge in [0.1, 0.15) is 12.3 Å². The smallest absolute Gasteiger partial charge is 0.374 e. The largest absolute Gasteiger partial charge is 0.460 e. The van der Waals surface area contributed by atoms with Crippen LogP contribution in [-0.4, -0.2) is 36.5 Å². The molecule has 1 saturated heterocycles. The number of guanidine groups is 1. The van der Waals surface area contributed by atoms with Gasteiger partial charge >= 0.3 is 5.97 Å². The number of rotatable bonds is 4. The van der Waals surface area contributed by atoms with Crippen molar-refractivity contribution in [3.8, 4) is 0 Å². The first-order chi connectivity index (χ1) is 10.2. The van der Waals surface area contributed by atoms with Crippen LogP contribution in [-0.2, 0) is 11.3 Å². The van der Waals surface area contributed by atoms with Crippen LogP contribution in [0.25, 0.3) is 0 Å². The lowest BCUT2D eigenvalue weighted by Crippen LogP contribution is -2.38. The lowest BCUT2D eigenvalue weighted by atomic mass is 10.2. The first-order valence-electron chi connectivity index (χ1n) is 7.51. The number of hydrogen-bond acceptors (Lipinski definition) is 4. The standard InChI is InChI=1S/C15H23N3O3/c1-2-20-14(19)13-8-7-12(21-13)11-17-15(16)18-9-5-3-4-6-10-18/h7-8H,2-6,9-11H2,1H3,(H2,16,17). The molecule has 0 atom stereocenters. The highest BCUT2D eigenvalue weighted by molar-refractivity contribution is 5.86. The van der Waals surface area contributed by atoms with Gasteiger partial charge in [-0.25, -0.2) is 9.79 Å². The molecule has 6 nitrogen and oxygen atoms in total. The van der Waals surface area contributed by atoms with E-state index in [2.05, 4.69) is 9.89 Å². The van der Waals surface area contributed by atoms with Gasteiger partial charge in [-0.2, -0.15) is 0 Å². The molecule has 1 aromatic heterocycles. The van der Waals surface area contributed by atoms with Gasteiger partial charge in [-0.3, -0.25) is 0 Å². The Morgan fingerprint density at radius 3 is 2.71 bits per heavy atom. The normalized spacial score (nSPS) is 16.6. The second kappa shape index (κ2) is 7.71. The van der Waals surface area contributed by atoms with Gasteiger partial charge in [0, 0.05) is 13.1 Å². The Balaban J connectivity index is 1.91. The number of ether oxygens (including phenoxy) is 1. The summed E-state index contributed by atoms with van der Waals surface area (Å²) in [4.78, 5) is 18.0. The summed E-state index contributed by atoms with van der Waals surface area (Å²) in [6.45, 7) is 4.34. The summed E-state index contributed by atoms with van der Waals surface area (Å²) in [6.07, 6.45) is 4.82. The monoisotopic (exact) mass is 293 g/mol. The molecular formula is C15H23N3O3. The molecule has 1 fully saturated rings. The summed E-state index contributed by atoms with van der Waals surface area (Å²) in [6, 6.07) is 3.33. The third-order valence-corrected chi connectivity index (χ3v) is 3.47. The van der Waals surface area contributed by atoms with Crippen LogP contribution in [0, 0.1) is 0 Å². The maximum atomic E-state index is 11.5. The molecule has 1 aromatic rings. The molecule has 2 rings (SSSR count). The van der Waals surface area contributed by atoms with E-state index in [1.54, 1.807) is 19.1 Å². The van der Waals surface area contributed by atoms with E-state index in [9.17, 15) is 4.79 Å². The summed E-state index contributed by atoms with van der Waals surface area (Å²) in [5, 5.41) is 0. The minimum Gasteiger partial charge on any atom is -0.460 e. The minimum absolute atomic E-state index is 0.204. The van der Waals surface area contributed by atoms with Crippen molar-refractivity contribution in [3.05, 3.63) is 23.7 Å². The van der Waals surface area contributed by atoms with Gasteiger partial charge in [0.05, 0.1) is 6.61 Å². The number of carbonyl (C=O) groups is 1. The molecule has 0 aliphatic carbocycles. The summed E-state index contributed by atoms with van der Waals surface area (Å²) in [5.41, 5.74) is 6.02. The Labute approximate surface area is 125 Å². The Hall–Kier alpha value is -1.98. The quantitative estimate of drug-likeness (QED) is 0.522. The van der Waals surface area contributed by atoms with Gasteiger partial charge in [-0.05, 0) is 31.9 Å². The zero-order valence-corrected chi connectivity index (χ0v) is 12.5. The molecule has 0 aromatic carbocycles. The van der Waals surface area contributed by atoms with Gasteiger partial charge < -0.3 is 19.8 Å². The molecule has 0 radical (unpaired) electrons. The highest BCUT2D eigenvalue weighted by Gasteiger charge is 2.13. The van der Waals surface area contributed by atoms with Gasteiger partial charge in [-0.15, -0.1) is 0 Å². The van der Waals surface area contributed by atoms with Crippen molar-refractivity contribution in [2.24, 2.45) is 10.7 Å². The Morgan fingerprint density at radius 2 is 2.05 bits per heavy atom. The van der Waals surface area contributed by atoms with Crippen molar-refractivity contribution in [2.45, 2.75) is 39.2 Å². The predicted octanol–water partition coefficient (Wildman–Crippen LogP) is 2.15. The van der Waals surface area contributed by atoms with E-state index in [1.165, 1.54) is 12.8 Å². The molecule has 1 aliphatic heterocycles. The molecule has 2 heterocycles. The van der Waals surface area contributed by atoms with Crippen LogP contribution in [0.1, 0.15) is 48.9 Å². The number of esters is 1. The van der Waals surface area contributed by atoms with Crippen molar-refractivity contribution >= 4 is 11.9 Å².